The highest BCUT2D eigenvalue weighted by Crippen LogP contribution is 2.05. The lowest BCUT2D eigenvalue weighted by atomic mass is 10.5. The van der Waals surface area contributed by atoms with Crippen LogP contribution in [0.25, 0.3) is 0 Å². The number of hydrogen-bond acceptors (Lipinski definition) is 2. The summed E-state index contributed by atoms with van der Waals surface area (Å²) in [5.74, 6) is 3.01. The quantitative estimate of drug-likeness (QED) is 0.517. The van der Waals surface area contributed by atoms with Gasteiger partial charge in [-0.15, -0.1) is 11.3 Å². The summed E-state index contributed by atoms with van der Waals surface area (Å²) in [5.41, 5.74) is 0. The predicted octanol–water partition coefficient (Wildman–Crippen LogP) is 2.42. The topological polar surface area (TPSA) is 0 Å². The Hall–Kier alpha value is -0.390. The Morgan fingerprint density at radius 3 is 3.11 bits per heavy atom. The molecule has 1 heterocycles. The van der Waals surface area contributed by atoms with Crippen LogP contribution < -0.4 is 0 Å². The van der Waals surface area contributed by atoms with Crippen LogP contribution in [0.4, 0.5) is 0 Å². The lowest BCUT2D eigenvalue weighted by Gasteiger charge is -1.72. The Bertz CT molecular complexity index is 213. The highest BCUT2D eigenvalue weighted by Gasteiger charge is 1.81. The average Bonchev–Trinajstić information content (AvgIpc) is 2.34. The van der Waals surface area contributed by atoms with Crippen LogP contribution in [-0.2, 0) is 0 Å². The van der Waals surface area contributed by atoms with E-state index in [1.165, 1.54) is 0 Å². The Labute approximate surface area is 63.3 Å². The molecule has 0 aliphatic carbocycles. The van der Waals surface area contributed by atoms with Crippen LogP contribution in [0.15, 0.2) is 17.5 Å². The van der Waals surface area contributed by atoms with Crippen molar-refractivity contribution in [3.8, 4) is 11.2 Å². The van der Waals surface area contributed by atoms with Gasteiger partial charge in [-0.3, -0.25) is 0 Å². The van der Waals surface area contributed by atoms with E-state index < -0.39 is 0 Å². The molecule has 0 saturated carbocycles. The van der Waals surface area contributed by atoms with Crippen LogP contribution in [0.3, 0.4) is 0 Å². The Morgan fingerprint density at radius 1 is 1.67 bits per heavy atom. The fourth-order valence-electron chi connectivity index (χ4n) is 0.451. The fraction of sp³-hybridized carbons (Fsp3) is 0.143. The molecule has 0 unspecified atom stereocenters. The van der Waals surface area contributed by atoms with Gasteiger partial charge in [0.25, 0.3) is 0 Å². The lowest BCUT2D eigenvalue weighted by molar-refractivity contribution is 1.94. The molecular formula is C7H6S2. The van der Waals surface area contributed by atoms with Crippen LogP contribution in [0.2, 0.25) is 0 Å². The zero-order valence-corrected chi connectivity index (χ0v) is 6.68. The summed E-state index contributed by atoms with van der Waals surface area (Å²) >= 11 is 3.22. The van der Waals surface area contributed by atoms with Crippen LogP contribution in [0.5, 0.6) is 0 Å². The van der Waals surface area contributed by atoms with E-state index in [1.54, 1.807) is 23.1 Å². The van der Waals surface area contributed by atoms with Gasteiger partial charge in [0, 0.05) is 0 Å². The summed E-state index contributed by atoms with van der Waals surface area (Å²) in [4.78, 5) is 1.14. The van der Waals surface area contributed by atoms with Gasteiger partial charge in [-0.25, -0.2) is 0 Å². The summed E-state index contributed by atoms with van der Waals surface area (Å²) in [7, 11) is 0. The number of hydrogen-bond donors (Lipinski definition) is 0. The molecule has 0 N–H and O–H groups in total. The minimum atomic E-state index is 1.14. The smallest absolute Gasteiger partial charge is 0.0777 e. The maximum atomic E-state index is 3.01. The van der Waals surface area contributed by atoms with Crippen molar-refractivity contribution >= 4 is 23.1 Å². The minimum Gasteiger partial charge on any atom is -0.135 e. The molecule has 0 aliphatic rings. The second-order valence-electron chi connectivity index (χ2n) is 1.41. The van der Waals surface area contributed by atoms with Gasteiger partial charge in [-0.2, -0.15) is 0 Å². The third-order valence-corrected chi connectivity index (χ3v) is 1.89. The first-order chi connectivity index (χ1) is 4.43. The summed E-state index contributed by atoms with van der Waals surface area (Å²) < 4.78 is 0. The molecule has 2 heteroatoms. The second-order valence-corrected chi connectivity index (χ2v) is 2.97. The Morgan fingerprint density at radius 2 is 2.56 bits per heavy atom. The molecular weight excluding hydrogens is 148 g/mol. The lowest BCUT2D eigenvalue weighted by Crippen LogP contribution is -1.55. The monoisotopic (exact) mass is 154 g/mol. The van der Waals surface area contributed by atoms with Crippen LogP contribution in [-0.4, -0.2) is 6.26 Å². The molecule has 9 heavy (non-hydrogen) atoms. The molecule has 0 amide bonds. The number of rotatable bonds is 0. The van der Waals surface area contributed by atoms with Crippen molar-refractivity contribution in [1.29, 1.82) is 0 Å². The zero-order valence-electron chi connectivity index (χ0n) is 5.05. The maximum Gasteiger partial charge on any atom is 0.0777 e. The third-order valence-electron chi connectivity index (χ3n) is 0.797. The highest BCUT2D eigenvalue weighted by atomic mass is 32.2. The van der Waals surface area contributed by atoms with Gasteiger partial charge < -0.3 is 0 Å². The van der Waals surface area contributed by atoms with E-state index in [2.05, 4.69) is 11.2 Å². The molecule has 1 aromatic heterocycles. The molecule has 46 valence electrons. The van der Waals surface area contributed by atoms with Crippen molar-refractivity contribution in [1.82, 2.24) is 0 Å². The maximum absolute atomic E-state index is 3.01. The molecule has 0 radical (unpaired) electrons. The first-order valence-corrected chi connectivity index (χ1v) is 4.61. The molecule has 0 aromatic carbocycles. The Balaban J connectivity index is 2.67. The SMILES string of the molecule is CSC#Cc1cccs1. The second kappa shape index (κ2) is 3.60. The molecule has 0 atom stereocenters. The van der Waals surface area contributed by atoms with Gasteiger partial charge in [0.2, 0.25) is 0 Å². The fourth-order valence-corrected chi connectivity index (χ4v) is 1.30. The minimum absolute atomic E-state index is 1.14. The molecule has 1 aromatic rings. The van der Waals surface area contributed by atoms with Crippen molar-refractivity contribution in [2.75, 3.05) is 6.26 Å². The summed E-state index contributed by atoms with van der Waals surface area (Å²) in [6.45, 7) is 0. The van der Waals surface area contributed by atoms with Crippen molar-refractivity contribution < 1.29 is 0 Å². The number of thioether (sulfide) groups is 1. The van der Waals surface area contributed by atoms with Crippen molar-refractivity contribution in [2.24, 2.45) is 0 Å². The standard InChI is InChI=1S/C7H6S2/c1-8-6-4-7-3-2-5-9-7/h2-3,5H,1H3. The van der Waals surface area contributed by atoms with E-state index in [1.807, 2.05) is 23.8 Å². The van der Waals surface area contributed by atoms with E-state index in [0.29, 0.717) is 0 Å². The van der Waals surface area contributed by atoms with E-state index in [4.69, 9.17) is 0 Å². The summed E-state index contributed by atoms with van der Waals surface area (Å²) in [6, 6.07) is 4.03. The summed E-state index contributed by atoms with van der Waals surface area (Å²) in [6.07, 6.45) is 1.97. The molecule has 0 bridgehead atoms. The third kappa shape index (κ3) is 2.13. The zero-order chi connectivity index (χ0) is 6.53. The number of thiophene rings is 1. The van der Waals surface area contributed by atoms with E-state index in [9.17, 15) is 0 Å². The van der Waals surface area contributed by atoms with Crippen molar-refractivity contribution in [3.63, 3.8) is 0 Å². The van der Waals surface area contributed by atoms with Gasteiger partial charge in [-0.05, 0) is 28.9 Å². The van der Waals surface area contributed by atoms with Gasteiger partial charge >= 0.3 is 0 Å². The average molecular weight is 154 g/mol. The Kier molecular flexibility index (Phi) is 2.69. The normalized spacial score (nSPS) is 8.11. The molecule has 0 aliphatic heterocycles. The van der Waals surface area contributed by atoms with Gasteiger partial charge in [0.1, 0.15) is 0 Å². The first-order valence-electron chi connectivity index (χ1n) is 2.51. The van der Waals surface area contributed by atoms with E-state index in [-0.39, 0.29) is 0 Å². The molecule has 1 rings (SSSR count). The van der Waals surface area contributed by atoms with Crippen LogP contribution in [0.1, 0.15) is 4.88 Å². The molecule has 0 spiro atoms. The van der Waals surface area contributed by atoms with Crippen molar-refractivity contribution in [2.45, 2.75) is 0 Å². The van der Waals surface area contributed by atoms with Crippen molar-refractivity contribution in [3.05, 3.63) is 22.4 Å². The first kappa shape index (κ1) is 6.73. The molecule has 0 fully saturated rings. The van der Waals surface area contributed by atoms with E-state index in [0.717, 1.165) is 4.88 Å². The summed E-state index contributed by atoms with van der Waals surface area (Å²) in [5, 5.41) is 4.96. The predicted molar refractivity (Wildman–Crippen MR) is 44.7 cm³/mol. The van der Waals surface area contributed by atoms with Crippen LogP contribution >= 0.6 is 23.1 Å². The highest BCUT2D eigenvalue weighted by molar-refractivity contribution is 8.03. The van der Waals surface area contributed by atoms with Crippen LogP contribution in [0, 0.1) is 11.2 Å². The molecule has 0 nitrogen and oxygen atoms in total. The molecule has 0 saturated heterocycles. The van der Waals surface area contributed by atoms with Gasteiger partial charge in [0.05, 0.1) is 4.88 Å². The van der Waals surface area contributed by atoms with Gasteiger partial charge in [0.15, 0.2) is 0 Å². The largest absolute Gasteiger partial charge is 0.135 e. The van der Waals surface area contributed by atoms with E-state index >= 15 is 0 Å². The van der Waals surface area contributed by atoms with Gasteiger partial charge in [-0.1, -0.05) is 17.8 Å².